The van der Waals surface area contributed by atoms with Gasteiger partial charge in [-0.15, -0.1) is 11.3 Å². The normalized spacial score (nSPS) is 13.2. The van der Waals surface area contributed by atoms with Gasteiger partial charge in [-0.2, -0.15) is 0 Å². The van der Waals surface area contributed by atoms with Crippen molar-refractivity contribution in [2.45, 2.75) is 25.7 Å². The number of benzene rings is 2. The maximum Gasteiger partial charge on any atom is 0.249 e. The fraction of sp³-hybridized carbons (Fsp3) is 0.190. The van der Waals surface area contributed by atoms with Gasteiger partial charge in [0.2, 0.25) is 5.91 Å². The SMILES string of the molecule is CC(OCc1ccccc1)C(=O)NC(c1ccccc1)c1cccs1. The molecule has 2 aromatic carbocycles. The van der Waals surface area contributed by atoms with Crippen LogP contribution in [-0.4, -0.2) is 12.0 Å². The van der Waals surface area contributed by atoms with Crippen LogP contribution in [0.3, 0.4) is 0 Å². The molecule has 0 aliphatic carbocycles. The molecule has 0 saturated heterocycles. The molecule has 128 valence electrons. The summed E-state index contributed by atoms with van der Waals surface area (Å²) in [5, 5.41) is 5.14. The summed E-state index contributed by atoms with van der Waals surface area (Å²) in [6.45, 7) is 2.21. The number of carbonyl (C=O) groups excluding carboxylic acids is 1. The van der Waals surface area contributed by atoms with Gasteiger partial charge >= 0.3 is 0 Å². The van der Waals surface area contributed by atoms with Gasteiger partial charge in [0.25, 0.3) is 0 Å². The summed E-state index contributed by atoms with van der Waals surface area (Å²) in [6.07, 6.45) is -0.522. The van der Waals surface area contributed by atoms with E-state index in [0.717, 1.165) is 16.0 Å². The zero-order valence-electron chi connectivity index (χ0n) is 14.1. The van der Waals surface area contributed by atoms with Crippen molar-refractivity contribution in [1.29, 1.82) is 0 Å². The van der Waals surface area contributed by atoms with Gasteiger partial charge in [-0.25, -0.2) is 0 Å². The van der Waals surface area contributed by atoms with E-state index in [2.05, 4.69) is 5.32 Å². The Balaban J connectivity index is 1.66. The second-order valence-electron chi connectivity index (χ2n) is 5.81. The summed E-state index contributed by atoms with van der Waals surface area (Å²) in [5.74, 6) is -0.113. The van der Waals surface area contributed by atoms with Gasteiger partial charge in [-0.05, 0) is 29.5 Å². The molecule has 25 heavy (non-hydrogen) atoms. The number of rotatable bonds is 7. The predicted molar refractivity (Wildman–Crippen MR) is 101 cm³/mol. The Morgan fingerprint density at radius 3 is 2.32 bits per heavy atom. The average Bonchev–Trinajstić information content (AvgIpc) is 3.20. The molecule has 4 heteroatoms. The number of thiophene rings is 1. The van der Waals surface area contributed by atoms with Crippen LogP contribution in [0.1, 0.15) is 29.0 Å². The Morgan fingerprint density at radius 1 is 1.00 bits per heavy atom. The largest absolute Gasteiger partial charge is 0.364 e. The van der Waals surface area contributed by atoms with E-state index in [-0.39, 0.29) is 11.9 Å². The molecular weight excluding hydrogens is 330 g/mol. The number of hydrogen-bond donors (Lipinski definition) is 1. The van der Waals surface area contributed by atoms with Crippen molar-refractivity contribution in [2.24, 2.45) is 0 Å². The predicted octanol–water partition coefficient (Wildman–Crippen LogP) is 4.56. The zero-order chi connectivity index (χ0) is 17.5. The maximum absolute atomic E-state index is 12.6. The lowest BCUT2D eigenvalue weighted by molar-refractivity contribution is -0.133. The Bertz CT molecular complexity index is 772. The van der Waals surface area contributed by atoms with Crippen molar-refractivity contribution in [3.05, 3.63) is 94.2 Å². The van der Waals surface area contributed by atoms with E-state index in [1.165, 1.54) is 0 Å². The Kier molecular flexibility index (Phi) is 5.99. The average molecular weight is 351 g/mol. The van der Waals surface area contributed by atoms with E-state index in [4.69, 9.17) is 4.74 Å². The minimum Gasteiger partial charge on any atom is -0.364 e. The van der Waals surface area contributed by atoms with Crippen LogP contribution in [0, 0.1) is 0 Å². The monoisotopic (exact) mass is 351 g/mol. The molecule has 0 spiro atoms. The lowest BCUT2D eigenvalue weighted by Crippen LogP contribution is -2.37. The third kappa shape index (κ3) is 4.78. The fourth-order valence-electron chi connectivity index (χ4n) is 2.55. The molecule has 1 N–H and O–H groups in total. The van der Waals surface area contributed by atoms with Crippen LogP contribution in [0.2, 0.25) is 0 Å². The molecule has 0 saturated carbocycles. The number of nitrogens with one attached hydrogen (secondary N) is 1. The van der Waals surface area contributed by atoms with Crippen LogP contribution in [0.5, 0.6) is 0 Å². The van der Waals surface area contributed by atoms with Gasteiger partial charge in [0.1, 0.15) is 6.10 Å². The second kappa shape index (κ2) is 8.60. The highest BCUT2D eigenvalue weighted by molar-refractivity contribution is 7.10. The number of carbonyl (C=O) groups is 1. The van der Waals surface area contributed by atoms with Crippen LogP contribution < -0.4 is 5.32 Å². The van der Waals surface area contributed by atoms with E-state index >= 15 is 0 Å². The van der Waals surface area contributed by atoms with E-state index in [0.29, 0.717) is 6.61 Å². The van der Waals surface area contributed by atoms with E-state index in [1.807, 2.05) is 78.2 Å². The molecular formula is C21H21NO2S. The quantitative estimate of drug-likeness (QED) is 0.678. The van der Waals surface area contributed by atoms with Gasteiger partial charge in [-0.3, -0.25) is 4.79 Å². The molecule has 3 nitrogen and oxygen atoms in total. The maximum atomic E-state index is 12.6. The molecule has 2 unspecified atom stereocenters. The summed E-state index contributed by atoms with van der Waals surface area (Å²) in [4.78, 5) is 13.7. The minimum atomic E-state index is -0.522. The fourth-order valence-corrected chi connectivity index (χ4v) is 3.35. The Morgan fingerprint density at radius 2 is 1.68 bits per heavy atom. The van der Waals surface area contributed by atoms with Crippen LogP contribution in [0.4, 0.5) is 0 Å². The highest BCUT2D eigenvalue weighted by Crippen LogP contribution is 2.26. The summed E-state index contributed by atoms with van der Waals surface area (Å²) in [6, 6.07) is 23.7. The lowest BCUT2D eigenvalue weighted by Gasteiger charge is -2.21. The smallest absolute Gasteiger partial charge is 0.249 e. The van der Waals surface area contributed by atoms with Crippen molar-refractivity contribution in [2.75, 3.05) is 0 Å². The van der Waals surface area contributed by atoms with Gasteiger partial charge in [0.15, 0.2) is 0 Å². The molecule has 3 rings (SSSR count). The molecule has 0 bridgehead atoms. The van der Waals surface area contributed by atoms with Gasteiger partial charge < -0.3 is 10.1 Å². The molecule has 0 aliphatic heterocycles. The molecule has 0 fully saturated rings. The van der Waals surface area contributed by atoms with Crippen molar-refractivity contribution in [1.82, 2.24) is 5.32 Å². The first-order chi connectivity index (χ1) is 12.2. The summed E-state index contributed by atoms with van der Waals surface area (Å²) in [5.41, 5.74) is 2.12. The summed E-state index contributed by atoms with van der Waals surface area (Å²) < 4.78 is 5.74. The van der Waals surface area contributed by atoms with Crippen molar-refractivity contribution in [3.63, 3.8) is 0 Å². The molecule has 2 atom stereocenters. The van der Waals surface area contributed by atoms with Crippen molar-refractivity contribution < 1.29 is 9.53 Å². The third-order valence-electron chi connectivity index (χ3n) is 3.96. The van der Waals surface area contributed by atoms with Crippen LogP contribution in [0.25, 0.3) is 0 Å². The Hall–Kier alpha value is -2.43. The lowest BCUT2D eigenvalue weighted by atomic mass is 10.1. The Labute approximate surface area is 152 Å². The van der Waals surface area contributed by atoms with E-state index < -0.39 is 6.10 Å². The number of hydrogen-bond acceptors (Lipinski definition) is 3. The topological polar surface area (TPSA) is 38.3 Å². The van der Waals surface area contributed by atoms with Crippen molar-refractivity contribution >= 4 is 17.2 Å². The molecule has 1 heterocycles. The van der Waals surface area contributed by atoms with E-state index in [9.17, 15) is 4.79 Å². The van der Waals surface area contributed by atoms with Gasteiger partial charge in [-0.1, -0.05) is 66.7 Å². The van der Waals surface area contributed by atoms with Gasteiger partial charge in [0.05, 0.1) is 12.6 Å². The summed E-state index contributed by atoms with van der Waals surface area (Å²) >= 11 is 1.63. The number of amides is 1. The molecule has 3 aromatic rings. The standard InChI is InChI=1S/C21H21NO2S/c1-16(24-15-17-9-4-2-5-10-17)21(23)22-20(19-13-8-14-25-19)18-11-6-3-7-12-18/h2-14,16,20H,15H2,1H3,(H,22,23). The first kappa shape index (κ1) is 17.4. The van der Waals surface area contributed by atoms with Crippen molar-refractivity contribution in [3.8, 4) is 0 Å². The molecule has 0 radical (unpaired) electrons. The van der Waals surface area contributed by atoms with Gasteiger partial charge in [0, 0.05) is 4.88 Å². The summed E-state index contributed by atoms with van der Waals surface area (Å²) in [7, 11) is 0. The second-order valence-corrected chi connectivity index (χ2v) is 6.79. The van der Waals surface area contributed by atoms with E-state index in [1.54, 1.807) is 18.3 Å². The first-order valence-corrected chi connectivity index (χ1v) is 9.16. The zero-order valence-corrected chi connectivity index (χ0v) is 14.9. The van der Waals surface area contributed by atoms with Crippen LogP contribution >= 0.6 is 11.3 Å². The highest BCUT2D eigenvalue weighted by atomic mass is 32.1. The number of ether oxygens (including phenoxy) is 1. The van der Waals surface area contributed by atoms with Crippen LogP contribution in [-0.2, 0) is 16.1 Å². The molecule has 1 amide bonds. The molecule has 1 aromatic heterocycles. The minimum absolute atomic E-state index is 0.113. The highest BCUT2D eigenvalue weighted by Gasteiger charge is 2.21. The first-order valence-electron chi connectivity index (χ1n) is 8.28. The molecule has 0 aliphatic rings. The third-order valence-corrected chi connectivity index (χ3v) is 4.90. The van der Waals surface area contributed by atoms with Crippen LogP contribution in [0.15, 0.2) is 78.2 Å².